The smallest absolute Gasteiger partial charge is 0.253 e. The van der Waals surface area contributed by atoms with Crippen LogP contribution in [0.5, 0.6) is 0 Å². The molecule has 1 aliphatic rings. The molecular formula is C30H33N5OS. The number of carbonyl (C=O) groups excluding carboxylic acids is 1. The number of hydrogen-bond acceptors (Lipinski definition) is 5. The molecule has 37 heavy (non-hydrogen) atoms. The Labute approximate surface area is 223 Å². The Bertz CT molecular complexity index is 1340. The molecule has 5 rings (SSSR count). The lowest BCUT2D eigenvalue weighted by Crippen LogP contribution is -2.48. The minimum atomic E-state index is 0.122. The highest BCUT2D eigenvalue weighted by Gasteiger charge is 2.21. The van der Waals surface area contributed by atoms with Gasteiger partial charge in [-0.15, -0.1) is 10.2 Å². The van der Waals surface area contributed by atoms with E-state index in [0.717, 1.165) is 71.8 Å². The molecule has 7 heteroatoms. The molecule has 1 amide bonds. The number of carbonyl (C=O) groups is 1. The van der Waals surface area contributed by atoms with Gasteiger partial charge in [-0.1, -0.05) is 78.3 Å². The third-order valence-electron chi connectivity index (χ3n) is 6.91. The predicted octanol–water partition coefficient (Wildman–Crippen LogP) is 5.62. The van der Waals surface area contributed by atoms with E-state index in [9.17, 15) is 4.79 Å². The monoisotopic (exact) mass is 511 g/mol. The standard InChI is InChI=1S/C30H33N5OS/c1-4-33-17-19-34(20-18-33)29(36)26-13-9-24(10-14-26)21-37-30-32-31-28(25-11-5-22(2)6-12-25)35(30)27-15-7-23(3)8-16-27/h5-16H,4,17-21H2,1-3H3. The van der Waals surface area contributed by atoms with Crippen molar-refractivity contribution in [1.82, 2.24) is 24.6 Å². The number of amides is 1. The summed E-state index contributed by atoms with van der Waals surface area (Å²) >= 11 is 1.65. The van der Waals surface area contributed by atoms with Gasteiger partial charge in [0.1, 0.15) is 0 Å². The minimum absolute atomic E-state index is 0.122. The van der Waals surface area contributed by atoms with Crippen LogP contribution in [0.25, 0.3) is 17.1 Å². The van der Waals surface area contributed by atoms with E-state index >= 15 is 0 Å². The molecule has 0 bridgehead atoms. The van der Waals surface area contributed by atoms with Crippen LogP contribution in [0.4, 0.5) is 0 Å². The number of likely N-dealkylation sites (N-methyl/N-ethyl adjacent to an activating group) is 1. The summed E-state index contributed by atoms with van der Waals surface area (Å²) < 4.78 is 2.13. The number of rotatable bonds is 7. The summed E-state index contributed by atoms with van der Waals surface area (Å²) in [4.78, 5) is 17.3. The van der Waals surface area contributed by atoms with Gasteiger partial charge in [0.15, 0.2) is 11.0 Å². The van der Waals surface area contributed by atoms with Crippen LogP contribution in [0.15, 0.2) is 78.0 Å². The lowest BCUT2D eigenvalue weighted by atomic mass is 10.1. The maximum atomic E-state index is 12.9. The third-order valence-corrected chi connectivity index (χ3v) is 7.91. The fraction of sp³-hybridized carbons (Fsp3) is 0.300. The molecule has 1 saturated heterocycles. The van der Waals surface area contributed by atoms with Gasteiger partial charge in [-0.05, 0) is 50.2 Å². The molecule has 1 fully saturated rings. The lowest BCUT2D eigenvalue weighted by molar-refractivity contribution is 0.0643. The van der Waals surface area contributed by atoms with Crippen LogP contribution < -0.4 is 0 Å². The molecule has 3 aromatic carbocycles. The van der Waals surface area contributed by atoms with Crippen molar-refractivity contribution in [3.8, 4) is 17.1 Å². The van der Waals surface area contributed by atoms with Crippen LogP contribution in [0, 0.1) is 13.8 Å². The summed E-state index contributed by atoms with van der Waals surface area (Å²) in [5.41, 5.74) is 6.40. The molecule has 1 aliphatic heterocycles. The Morgan fingerprint density at radius 1 is 0.811 bits per heavy atom. The Balaban J connectivity index is 1.32. The summed E-state index contributed by atoms with van der Waals surface area (Å²) in [6.45, 7) is 10.9. The molecule has 1 aromatic heterocycles. The van der Waals surface area contributed by atoms with E-state index in [1.54, 1.807) is 11.8 Å². The van der Waals surface area contributed by atoms with E-state index in [2.05, 4.69) is 101 Å². The molecular weight excluding hydrogens is 478 g/mol. The fourth-order valence-electron chi connectivity index (χ4n) is 4.52. The summed E-state index contributed by atoms with van der Waals surface area (Å²) in [6, 6.07) is 24.8. The van der Waals surface area contributed by atoms with Gasteiger partial charge >= 0.3 is 0 Å². The Kier molecular flexibility index (Phi) is 7.72. The Morgan fingerprint density at radius 2 is 1.43 bits per heavy atom. The van der Waals surface area contributed by atoms with Crippen molar-refractivity contribution in [3.05, 3.63) is 95.1 Å². The fourth-order valence-corrected chi connectivity index (χ4v) is 5.43. The molecule has 0 atom stereocenters. The first kappa shape index (κ1) is 25.2. The van der Waals surface area contributed by atoms with Gasteiger partial charge in [-0.3, -0.25) is 9.36 Å². The second kappa shape index (κ2) is 11.3. The van der Waals surface area contributed by atoms with E-state index in [0.29, 0.717) is 0 Å². The highest BCUT2D eigenvalue weighted by atomic mass is 32.2. The number of aromatic nitrogens is 3. The Hall–Kier alpha value is -3.42. The second-order valence-electron chi connectivity index (χ2n) is 9.56. The van der Waals surface area contributed by atoms with E-state index < -0.39 is 0 Å². The van der Waals surface area contributed by atoms with Crippen LogP contribution in [0.1, 0.15) is 34.0 Å². The zero-order valence-electron chi connectivity index (χ0n) is 21.7. The molecule has 2 heterocycles. The number of piperazine rings is 1. The minimum Gasteiger partial charge on any atom is -0.336 e. The zero-order chi connectivity index (χ0) is 25.8. The number of aryl methyl sites for hydroxylation is 2. The van der Waals surface area contributed by atoms with Crippen molar-refractivity contribution in [1.29, 1.82) is 0 Å². The quantitative estimate of drug-likeness (QED) is 0.302. The van der Waals surface area contributed by atoms with Gasteiger partial charge in [0, 0.05) is 48.7 Å². The van der Waals surface area contributed by atoms with E-state index in [-0.39, 0.29) is 5.91 Å². The van der Waals surface area contributed by atoms with Crippen LogP contribution >= 0.6 is 11.8 Å². The molecule has 0 unspecified atom stereocenters. The van der Waals surface area contributed by atoms with Gasteiger partial charge in [-0.25, -0.2) is 0 Å². The first-order valence-corrected chi connectivity index (χ1v) is 13.8. The average Bonchev–Trinajstić information content (AvgIpc) is 3.36. The number of hydrogen-bond donors (Lipinski definition) is 0. The van der Waals surface area contributed by atoms with E-state index in [1.165, 1.54) is 11.1 Å². The maximum Gasteiger partial charge on any atom is 0.253 e. The molecule has 4 aromatic rings. The average molecular weight is 512 g/mol. The van der Waals surface area contributed by atoms with Gasteiger partial charge in [-0.2, -0.15) is 0 Å². The van der Waals surface area contributed by atoms with Crippen molar-refractivity contribution in [2.45, 2.75) is 31.7 Å². The van der Waals surface area contributed by atoms with Gasteiger partial charge in [0.05, 0.1) is 0 Å². The first-order chi connectivity index (χ1) is 18.0. The van der Waals surface area contributed by atoms with Crippen LogP contribution in [-0.2, 0) is 5.75 Å². The van der Waals surface area contributed by atoms with Gasteiger partial charge in [0.25, 0.3) is 5.91 Å². The zero-order valence-corrected chi connectivity index (χ0v) is 22.5. The van der Waals surface area contributed by atoms with E-state index in [4.69, 9.17) is 0 Å². The largest absolute Gasteiger partial charge is 0.336 e. The second-order valence-corrected chi connectivity index (χ2v) is 10.5. The topological polar surface area (TPSA) is 54.3 Å². The molecule has 190 valence electrons. The highest BCUT2D eigenvalue weighted by molar-refractivity contribution is 7.98. The van der Waals surface area contributed by atoms with Crippen LogP contribution in [-0.4, -0.2) is 63.2 Å². The summed E-state index contributed by atoms with van der Waals surface area (Å²) in [6.07, 6.45) is 0. The number of benzene rings is 3. The van der Waals surface area contributed by atoms with Gasteiger partial charge in [0.2, 0.25) is 0 Å². The third kappa shape index (κ3) is 5.78. The molecule has 0 spiro atoms. The number of thioether (sulfide) groups is 1. The SMILES string of the molecule is CCN1CCN(C(=O)c2ccc(CSc3nnc(-c4ccc(C)cc4)n3-c3ccc(C)cc3)cc2)CC1. The summed E-state index contributed by atoms with van der Waals surface area (Å²) in [5.74, 6) is 1.69. The van der Waals surface area contributed by atoms with E-state index in [1.807, 2.05) is 17.0 Å². The number of nitrogens with zero attached hydrogens (tertiary/aromatic N) is 5. The Morgan fingerprint density at radius 3 is 2.05 bits per heavy atom. The summed E-state index contributed by atoms with van der Waals surface area (Å²) in [7, 11) is 0. The summed E-state index contributed by atoms with van der Waals surface area (Å²) in [5, 5.41) is 9.97. The van der Waals surface area contributed by atoms with Crippen molar-refractivity contribution in [3.63, 3.8) is 0 Å². The molecule has 0 saturated carbocycles. The van der Waals surface area contributed by atoms with Gasteiger partial charge < -0.3 is 9.80 Å². The molecule has 0 N–H and O–H groups in total. The first-order valence-electron chi connectivity index (χ1n) is 12.8. The normalized spacial score (nSPS) is 14.2. The predicted molar refractivity (Wildman–Crippen MR) is 150 cm³/mol. The van der Waals surface area contributed by atoms with Crippen LogP contribution in [0.3, 0.4) is 0 Å². The lowest BCUT2D eigenvalue weighted by Gasteiger charge is -2.34. The van der Waals surface area contributed by atoms with Crippen molar-refractivity contribution < 1.29 is 4.79 Å². The molecule has 6 nitrogen and oxygen atoms in total. The highest BCUT2D eigenvalue weighted by Crippen LogP contribution is 2.30. The van der Waals surface area contributed by atoms with Crippen molar-refractivity contribution in [2.24, 2.45) is 0 Å². The van der Waals surface area contributed by atoms with Crippen molar-refractivity contribution in [2.75, 3.05) is 32.7 Å². The van der Waals surface area contributed by atoms with Crippen molar-refractivity contribution >= 4 is 17.7 Å². The van der Waals surface area contributed by atoms with Crippen LogP contribution in [0.2, 0.25) is 0 Å². The molecule has 0 aliphatic carbocycles. The maximum absolute atomic E-state index is 12.9. The molecule has 0 radical (unpaired) electrons.